The van der Waals surface area contributed by atoms with Crippen molar-refractivity contribution in [2.24, 2.45) is 5.92 Å². The number of nitrogens with zero attached hydrogens (tertiary/aromatic N) is 2. The molecule has 0 saturated heterocycles. The first-order valence-electron chi connectivity index (χ1n) is 11.7. The number of carbonyl (C=O) groups is 1. The van der Waals surface area contributed by atoms with Crippen LogP contribution in [0.5, 0.6) is 0 Å². The second kappa shape index (κ2) is 13.9. The Kier molecular flexibility index (Phi) is 11.1. The SMILES string of the molecule is CCCCCCCCc1cnc(-c2ccc(CCC(=O)OCC(C)CC)cc2)nc1. The summed E-state index contributed by atoms with van der Waals surface area (Å²) in [5.74, 6) is 1.05. The van der Waals surface area contributed by atoms with Crippen molar-refractivity contribution in [3.05, 3.63) is 47.8 Å². The van der Waals surface area contributed by atoms with Crippen LogP contribution in [0.1, 0.15) is 83.3 Å². The van der Waals surface area contributed by atoms with Crippen molar-refractivity contribution in [2.75, 3.05) is 6.61 Å². The van der Waals surface area contributed by atoms with E-state index in [1.54, 1.807) is 0 Å². The monoisotopic (exact) mass is 410 g/mol. The van der Waals surface area contributed by atoms with Crippen LogP contribution in [0, 0.1) is 5.92 Å². The van der Waals surface area contributed by atoms with E-state index >= 15 is 0 Å². The maximum atomic E-state index is 11.9. The second-order valence-electron chi connectivity index (χ2n) is 8.33. The maximum absolute atomic E-state index is 11.9. The molecule has 2 rings (SSSR count). The van der Waals surface area contributed by atoms with Gasteiger partial charge in [-0.15, -0.1) is 0 Å². The number of carbonyl (C=O) groups excluding carboxylic acids is 1. The Bertz CT molecular complexity index is 726. The first-order valence-corrected chi connectivity index (χ1v) is 11.7. The molecule has 0 N–H and O–H groups in total. The number of hydrogen-bond donors (Lipinski definition) is 0. The fraction of sp³-hybridized carbons (Fsp3) is 0.577. The maximum Gasteiger partial charge on any atom is 0.306 e. The number of aromatic nitrogens is 2. The molecule has 0 fully saturated rings. The molecule has 4 nitrogen and oxygen atoms in total. The van der Waals surface area contributed by atoms with Crippen LogP contribution < -0.4 is 0 Å². The van der Waals surface area contributed by atoms with Gasteiger partial charge in [0.2, 0.25) is 0 Å². The fourth-order valence-corrected chi connectivity index (χ4v) is 3.23. The first-order chi connectivity index (χ1) is 14.6. The van der Waals surface area contributed by atoms with Crippen molar-refractivity contribution in [1.82, 2.24) is 9.97 Å². The molecule has 0 amide bonds. The number of unbranched alkanes of at least 4 members (excludes halogenated alkanes) is 5. The zero-order valence-corrected chi connectivity index (χ0v) is 19.0. The van der Waals surface area contributed by atoms with E-state index in [-0.39, 0.29) is 5.97 Å². The lowest BCUT2D eigenvalue weighted by Crippen LogP contribution is -2.11. The van der Waals surface area contributed by atoms with E-state index < -0.39 is 0 Å². The molecule has 164 valence electrons. The minimum Gasteiger partial charge on any atom is -0.465 e. The van der Waals surface area contributed by atoms with Gasteiger partial charge < -0.3 is 4.74 Å². The molecule has 0 aliphatic carbocycles. The van der Waals surface area contributed by atoms with Crippen molar-refractivity contribution in [3.63, 3.8) is 0 Å². The third kappa shape index (κ3) is 9.06. The lowest BCUT2D eigenvalue weighted by Gasteiger charge is -2.09. The predicted octanol–water partition coefficient (Wildman–Crippen LogP) is 6.57. The van der Waals surface area contributed by atoms with Crippen LogP contribution in [0.4, 0.5) is 0 Å². The summed E-state index contributed by atoms with van der Waals surface area (Å²) < 4.78 is 5.31. The van der Waals surface area contributed by atoms with E-state index in [4.69, 9.17) is 4.74 Å². The molecule has 0 aliphatic heterocycles. The molecule has 1 unspecified atom stereocenters. The van der Waals surface area contributed by atoms with E-state index in [2.05, 4.69) is 30.7 Å². The minimum atomic E-state index is -0.122. The molecule has 0 radical (unpaired) electrons. The summed E-state index contributed by atoms with van der Waals surface area (Å²) in [4.78, 5) is 20.9. The van der Waals surface area contributed by atoms with E-state index in [9.17, 15) is 4.79 Å². The average Bonchev–Trinajstić information content (AvgIpc) is 2.79. The summed E-state index contributed by atoms with van der Waals surface area (Å²) in [7, 11) is 0. The van der Waals surface area contributed by atoms with Crippen LogP contribution in [0.3, 0.4) is 0 Å². The lowest BCUT2D eigenvalue weighted by atomic mass is 10.1. The third-order valence-corrected chi connectivity index (χ3v) is 5.58. The van der Waals surface area contributed by atoms with Crippen molar-refractivity contribution >= 4 is 5.97 Å². The van der Waals surface area contributed by atoms with Crippen molar-refractivity contribution in [1.29, 1.82) is 0 Å². The van der Waals surface area contributed by atoms with Gasteiger partial charge in [-0.1, -0.05) is 83.6 Å². The van der Waals surface area contributed by atoms with Gasteiger partial charge in [-0.2, -0.15) is 0 Å². The normalized spacial score (nSPS) is 12.0. The van der Waals surface area contributed by atoms with Gasteiger partial charge in [-0.3, -0.25) is 4.79 Å². The number of esters is 1. The van der Waals surface area contributed by atoms with Crippen LogP contribution in [-0.4, -0.2) is 22.5 Å². The van der Waals surface area contributed by atoms with Crippen molar-refractivity contribution in [2.45, 2.75) is 85.0 Å². The van der Waals surface area contributed by atoms with E-state index in [1.165, 1.54) is 44.1 Å². The molecule has 2 aromatic rings. The topological polar surface area (TPSA) is 52.1 Å². The molecule has 30 heavy (non-hydrogen) atoms. The molecule has 1 aromatic carbocycles. The molecule has 1 atom stereocenters. The van der Waals surface area contributed by atoms with Gasteiger partial charge in [-0.25, -0.2) is 9.97 Å². The largest absolute Gasteiger partial charge is 0.465 e. The zero-order chi connectivity index (χ0) is 21.6. The van der Waals surface area contributed by atoms with Gasteiger partial charge in [0.15, 0.2) is 5.82 Å². The van der Waals surface area contributed by atoms with Crippen LogP contribution in [0.25, 0.3) is 11.4 Å². The summed E-state index contributed by atoms with van der Waals surface area (Å²) >= 11 is 0. The summed E-state index contributed by atoms with van der Waals surface area (Å²) in [5.41, 5.74) is 3.34. The van der Waals surface area contributed by atoms with E-state index in [0.29, 0.717) is 25.4 Å². The van der Waals surface area contributed by atoms with Crippen LogP contribution in [-0.2, 0) is 22.4 Å². The van der Waals surface area contributed by atoms with Crippen molar-refractivity contribution in [3.8, 4) is 11.4 Å². The zero-order valence-electron chi connectivity index (χ0n) is 19.0. The summed E-state index contributed by atoms with van der Waals surface area (Å²) in [6, 6.07) is 8.15. The number of benzene rings is 1. The Labute approximate surface area is 182 Å². The van der Waals surface area contributed by atoms with Gasteiger partial charge in [0.1, 0.15) is 0 Å². The van der Waals surface area contributed by atoms with E-state index in [1.807, 2.05) is 36.7 Å². The average molecular weight is 411 g/mol. The smallest absolute Gasteiger partial charge is 0.306 e. The van der Waals surface area contributed by atoms with Gasteiger partial charge in [0, 0.05) is 24.4 Å². The Balaban J connectivity index is 1.75. The molecule has 1 aromatic heterocycles. The van der Waals surface area contributed by atoms with Crippen LogP contribution in [0.2, 0.25) is 0 Å². The van der Waals surface area contributed by atoms with Crippen LogP contribution >= 0.6 is 0 Å². The molecule has 0 bridgehead atoms. The standard InChI is InChI=1S/C26H38N2O2/c1-4-6-7-8-9-10-11-23-18-27-26(28-19-23)24-15-12-22(13-16-24)14-17-25(29)30-20-21(3)5-2/h12-13,15-16,18-19,21H,4-11,14,17,20H2,1-3H3. The summed E-state index contributed by atoms with van der Waals surface area (Å²) in [6.07, 6.45) is 14.9. The highest BCUT2D eigenvalue weighted by Gasteiger charge is 2.07. The highest BCUT2D eigenvalue weighted by Crippen LogP contribution is 2.17. The Hall–Kier alpha value is -2.23. The van der Waals surface area contributed by atoms with E-state index in [0.717, 1.165) is 29.8 Å². The van der Waals surface area contributed by atoms with Gasteiger partial charge in [-0.05, 0) is 36.3 Å². The molecule has 0 aliphatic rings. The first kappa shape index (κ1) is 24.0. The second-order valence-corrected chi connectivity index (χ2v) is 8.33. The fourth-order valence-electron chi connectivity index (χ4n) is 3.23. The highest BCUT2D eigenvalue weighted by molar-refractivity contribution is 5.69. The molecule has 4 heteroatoms. The predicted molar refractivity (Wildman–Crippen MR) is 123 cm³/mol. The Morgan fingerprint density at radius 1 is 0.900 bits per heavy atom. The molecule has 0 spiro atoms. The molecular formula is C26H38N2O2. The number of hydrogen-bond acceptors (Lipinski definition) is 4. The number of aryl methyl sites for hydroxylation is 2. The molecular weight excluding hydrogens is 372 g/mol. The Morgan fingerprint density at radius 3 is 2.23 bits per heavy atom. The minimum absolute atomic E-state index is 0.122. The van der Waals surface area contributed by atoms with Gasteiger partial charge >= 0.3 is 5.97 Å². The summed E-state index contributed by atoms with van der Waals surface area (Å²) in [5, 5.41) is 0. The third-order valence-electron chi connectivity index (χ3n) is 5.58. The number of ether oxygens (including phenoxy) is 1. The Morgan fingerprint density at radius 2 is 1.57 bits per heavy atom. The quantitative estimate of drug-likeness (QED) is 0.261. The number of rotatable bonds is 14. The lowest BCUT2D eigenvalue weighted by molar-refractivity contribution is -0.144. The highest BCUT2D eigenvalue weighted by atomic mass is 16.5. The van der Waals surface area contributed by atoms with Crippen LogP contribution in [0.15, 0.2) is 36.7 Å². The molecule has 0 saturated carbocycles. The van der Waals surface area contributed by atoms with Crippen molar-refractivity contribution < 1.29 is 9.53 Å². The van der Waals surface area contributed by atoms with Gasteiger partial charge in [0.05, 0.1) is 6.61 Å². The summed E-state index contributed by atoms with van der Waals surface area (Å²) in [6.45, 7) is 6.96. The molecule has 1 heterocycles. The van der Waals surface area contributed by atoms with Gasteiger partial charge in [0.25, 0.3) is 0 Å².